The molecule has 2 rings (SSSR count). The standard InChI is InChI=1S/C13H19NO2S/c1-4-16-13(7-5-6-8-13)12-14-9(2)11(17-12)10(3)15/h4-8H2,1-3H3. The molecule has 1 aromatic heterocycles. The van der Waals surface area contributed by atoms with Crippen molar-refractivity contribution >= 4 is 17.1 Å². The number of thiazole rings is 1. The van der Waals surface area contributed by atoms with Gasteiger partial charge in [-0.3, -0.25) is 4.79 Å². The predicted molar refractivity (Wildman–Crippen MR) is 68.6 cm³/mol. The number of ketones is 1. The quantitative estimate of drug-likeness (QED) is 0.771. The van der Waals surface area contributed by atoms with E-state index in [-0.39, 0.29) is 11.4 Å². The highest BCUT2D eigenvalue weighted by molar-refractivity contribution is 7.14. The Labute approximate surface area is 106 Å². The summed E-state index contributed by atoms with van der Waals surface area (Å²) in [6.07, 6.45) is 4.44. The third-order valence-corrected chi connectivity index (χ3v) is 4.78. The van der Waals surface area contributed by atoms with E-state index in [1.165, 1.54) is 24.2 Å². The molecule has 1 aromatic rings. The number of carbonyl (C=O) groups excluding carboxylic acids is 1. The third kappa shape index (κ3) is 2.29. The van der Waals surface area contributed by atoms with E-state index in [4.69, 9.17) is 4.74 Å². The fourth-order valence-electron chi connectivity index (χ4n) is 2.56. The summed E-state index contributed by atoms with van der Waals surface area (Å²) < 4.78 is 5.96. The number of aryl methyl sites for hydroxylation is 1. The molecule has 0 unspecified atom stereocenters. The van der Waals surface area contributed by atoms with Gasteiger partial charge >= 0.3 is 0 Å². The Morgan fingerprint density at radius 3 is 2.59 bits per heavy atom. The van der Waals surface area contributed by atoms with Crippen LogP contribution < -0.4 is 0 Å². The first-order chi connectivity index (χ1) is 8.09. The molecule has 1 fully saturated rings. The zero-order valence-corrected chi connectivity index (χ0v) is 11.5. The van der Waals surface area contributed by atoms with E-state index in [1.807, 2.05) is 13.8 Å². The molecule has 0 amide bonds. The van der Waals surface area contributed by atoms with Crippen LogP contribution in [0.2, 0.25) is 0 Å². The Morgan fingerprint density at radius 2 is 2.12 bits per heavy atom. The minimum absolute atomic E-state index is 0.107. The van der Waals surface area contributed by atoms with Gasteiger partial charge in [-0.25, -0.2) is 4.98 Å². The monoisotopic (exact) mass is 253 g/mol. The summed E-state index contributed by atoms with van der Waals surface area (Å²) in [5.41, 5.74) is 0.640. The molecule has 4 heteroatoms. The van der Waals surface area contributed by atoms with Crippen LogP contribution in [0.3, 0.4) is 0 Å². The Balaban J connectivity index is 2.37. The Hall–Kier alpha value is -0.740. The summed E-state index contributed by atoms with van der Waals surface area (Å²) in [6.45, 7) is 6.23. The molecule has 0 bridgehead atoms. The highest BCUT2D eigenvalue weighted by Crippen LogP contribution is 2.44. The van der Waals surface area contributed by atoms with Gasteiger partial charge in [0.15, 0.2) is 5.78 Å². The molecule has 0 spiro atoms. The number of ether oxygens (including phenoxy) is 1. The molecular formula is C13H19NO2S. The van der Waals surface area contributed by atoms with Crippen molar-refractivity contribution < 1.29 is 9.53 Å². The van der Waals surface area contributed by atoms with Gasteiger partial charge in [0.05, 0.1) is 10.6 Å². The average molecular weight is 253 g/mol. The topological polar surface area (TPSA) is 39.2 Å². The smallest absolute Gasteiger partial charge is 0.171 e. The minimum Gasteiger partial charge on any atom is -0.368 e. The van der Waals surface area contributed by atoms with Crippen molar-refractivity contribution in [2.24, 2.45) is 0 Å². The van der Waals surface area contributed by atoms with Crippen LogP contribution >= 0.6 is 11.3 Å². The van der Waals surface area contributed by atoms with E-state index in [0.29, 0.717) is 6.61 Å². The molecule has 1 aliphatic carbocycles. The fourth-order valence-corrected chi connectivity index (χ4v) is 3.72. The second kappa shape index (κ2) is 4.86. The van der Waals surface area contributed by atoms with Crippen LogP contribution in [-0.4, -0.2) is 17.4 Å². The van der Waals surface area contributed by atoms with E-state index in [2.05, 4.69) is 4.98 Å². The Morgan fingerprint density at radius 1 is 1.47 bits per heavy atom. The summed E-state index contributed by atoms with van der Waals surface area (Å²) in [7, 11) is 0. The van der Waals surface area contributed by atoms with Crippen LogP contribution in [-0.2, 0) is 10.3 Å². The van der Waals surface area contributed by atoms with Gasteiger partial charge in [0.25, 0.3) is 0 Å². The van der Waals surface area contributed by atoms with Gasteiger partial charge in [-0.15, -0.1) is 11.3 Å². The maximum Gasteiger partial charge on any atom is 0.171 e. The fraction of sp³-hybridized carbons (Fsp3) is 0.692. The summed E-state index contributed by atoms with van der Waals surface area (Å²) in [5.74, 6) is 0.107. The van der Waals surface area contributed by atoms with Gasteiger partial charge < -0.3 is 4.74 Å². The van der Waals surface area contributed by atoms with E-state index >= 15 is 0 Å². The molecule has 1 saturated carbocycles. The molecule has 0 N–H and O–H groups in total. The Bertz CT molecular complexity index is 419. The minimum atomic E-state index is -0.210. The lowest BCUT2D eigenvalue weighted by molar-refractivity contribution is -0.0391. The van der Waals surface area contributed by atoms with E-state index in [0.717, 1.165) is 28.4 Å². The van der Waals surface area contributed by atoms with Crippen LogP contribution in [0.25, 0.3) is 0 Å². The second-order valence-corrected chi connectivity index (χ2v) is 5.62. The molecule has 1 aliphatic rings. The van der Waals surface area contributed by atoms with Gasteiger partial charge in [0, 0.05) is 13.5 Å². The van der Waals surface area contributed by atoms with Crippen molar-refractivity contribution in [3.63, 3.8) is 0 Å². The van der Waals surface area contributed by atoms with Gasteiger partial charge in [-0.1, -0.05) is 12.8 Å². The molecular weight excluding hydrogens is 234 g/mol. The molecule has 1 heterocycles. The largest absolute Gasteiger partial charge is 0.368 e. The summed E-state index contributed by atoms with van der Waals surface area (Å²) >= 11 is 1.52. The normalized spacial score (nSPS) is 18.5. The van der Waals surface area contributed by atoms with Crippen LogP contribution in [0.1, 0.15) is 59.9 Å². The first-order valence-corrected chi connectivity index (χ1v) is 7.03. The first kappa shape index (κ1) is 12.7. The lowest BCUT2D eigenvalue weighted by Gasteiger charge is -2.26. The van der Waals surface area contributed by atoms with Crippen LogP contribution in [0.4, 0.5) is 0 Å². The van der Waals surface area contributed by atoms with E-state index < -0.39 is 0 Å². The van der Waals surface area contributed by atoms with Crippen molar-refractivity contribution in [1.29, 1.82) is 0 Å². The number of carbonyl (C=O) groups is 1. The zero-order valence-electron chi connectivity index (χ0n) is 10.7. The van der Waals surface area contributed by atoms with E-state index in [1.54, 1.807) is 6.92 Å². The maximum absolute atomic E-state index is 11.5. The summed E-state index contributed by atoms with van der Waals surface area (Å²) in [4.78, 5) is 16.8. The van der Waals surface area contributed by atoms with Crippen LogP contribution in [0, 0.1) is 6.92 Å². The molecule has 0 aliphatic heterocycles. The summed E-state index contributed by atoms with van der Waals surface area (Å²) in [6, 6.07) is 0. The molecule has 0 saturated heterocycles. The Kier molecular flexibility index (Phi) is 3.64. The third-order valence-electron chi connectivity index (χ3n) is 3.34. The number of nitrogens with zero attached hydrogens (tertiary/aromatic N) is 1. The number of hydrogen-bond acceptors (Lipinski definition) is 4. The van der Waals surface area contributed by atoms with Crippen molar-refractivity contribution in [2.45, 2.75) is 52.1 Å². The van der Waals surface area contributed by atoms with Crippen LogP contribution in [0.15, 0.2) is 0 Å². The van der Waals surface area contributed by atoms with Crippen molar-refractivity contribution in [1.82, 2.24) is 4.98 Å². The lowest BCUT2D eigenvalue weighted by atomic mass is 10.0. The van der Waals surface area contributed by atoms with Crippen LogP contribution in [0.5, 0.6) is 0 Å². The zero-order chi connectivity index (χ0) is 12.5. The van der Waals surface area contributed by atoms with E-state index in [9.17, 15) is 4.79 Å². The first-order valence-electron chi connectivity index (χ1n) is 6.22. The molecule has 94 valence electrons. The molecule has 3 nitrogen and oxygen atoms in total. The van der Waals surface area contributed by atoms with Crippen molar-refractivity contribution in [2.75, 3.05) is 6.61 Å². The average Bonchev–Trinajstić information content (AvgIpc) is 2.86. The number of aromatic nitrogens is 1. The van der Waals surface area contributed by atoms with Gasteiger partial charge in [0.1, 0.15) is 10.6 Å². The van der Waals surface area contributed by atoms with Gasteiger partial charge in [-0.05, 0) is 26.7 Å². The number of hydrogen-bond donors (Lipinski definition) is 0. The number of rotatable bonds is 4. The number of Topliss-reactive ketones (excluding diaryl/α,β-unsaturated/α-hetero) is 1. The lowest BCUT2D eigenvalue weighted by Crippen LogP contribution is -2.25. The summed E-state index contributed by atoms with van der Waals surface area (Å²) in [5, 5.41) is 1.000. The second-order valence-electron chi connectivity index (χ2n) is 4.62. The maximum atomic E-state index is 11.5. The van der Waals surface area contributed by atoms with Gasteiger partial charge in [0.2, 0.25) is 0 Å². The predicted octanol–water partition coefficient (Wildman–Crippen LogP) is 3.46. The molecule has 0 atom stereocenters. The highest BCUT2D eigenvalue weighted by atomic mass is 32.1. The molecule has 0 radical (unpaired) electrons. The van der Waals surface area contributed by atoms with Gasteiger partial charge in [-0.2, -0.15) is 0 Å². The highest BCUT2D eigenvalue weighted by Gasteiger charge is 2.39. The SMILES string of the molecule is CCOC1(c2nc(C)c(C(C)=O)s2)CCCC1. The van der Waals surface area contributed by atoms with Crippen molar-refractivity contribution in [3.05, 3.63) is 15.6 Å². The molecule has 0 aromatic carbocycles. The van der Waals surface area contributed by atoms with Crippen molar-refractivity contribution in [3.8, 4) is 0 Å². The molecule has 17 heavy (non-hydrogen) atoms.